The summed E-state index contributed by atoms with van der Waals surface area (Å²) < 4.78 is 0. The molecule has 0 heterocycles. The van der Waals surface area contributed by atoms with Crippen LogP contribution in [-0.4, -0.2) is 23.2 Å². The molecule has 0 radical (unpaired) electrons. The Morgan fingerprint density at radius 3 is 2.59 bits per heavy atom. The van der Waals surface area contributed by atoms with Crippen molar-refractivity contribution >= 4 is 23.1 Å². The number of amides is 1. The summed E-state index contributed by atoms with van der Waals surface area (Å²) in [5, 5.41) is 13.1. The maximum atomic E-state index is 11.5. The highest BCUT2D eigenvalue weighted by Crippen LogP contribution is 2.28. The van der Waals surface area contributed by atoms with E-state index in [2.05, 4.69) is 5.32 Å². The second-order valence-corrected chi connectivity index (χ2v) is 3.27. The van der Waals surface area contributed by atoms with Crippen molar-refractivity contribution in [3.8, 4) is 0 Å². The molecule has 0 aliphatic carbocycles. The highest BCUT2D eigenvalue weighted by Gasteiger charge is 2.21. The first-order valence-corrected chi connectivity index (χ1v) is 4.75. The van der Waals surface area contributed by atoms with Crippen LogP contribution in [0.5, 0.6) is 0 Å². The molecule has 0 saturated carbocycles. The van der Waals surface area contributed by atoms with Crippen molar-refractivity contribution in [2.24, 2.45) is 5.73 Å². The summed E-state index contributed by atoms with van der Waals surface area (Å²) in [6, 6.07) is 3.96. The number of rotatable bonds is 4. The number of hydrogen-bond acceptors (Lipinski definition) is 5. The van der Waals surface area contributed by atoms with Gasteiger partial charge in [0.25, 0.3) is 5.69 Å². The van der Waals surface area contributed by atoms with Gasteiger partial charge in [0, 0.05) is 18.6 Å². The Bertz CT molecular complexity index is 484. The number of ketones is 1. The molecule has 0 unspecified atom stereocenters. The fraction of sp³-hybridized carbons (Fsp3) is 0.200. The van der Waals surface area contributed by atoms with E-state index >= 15 is 0 Å². The van der Waals surface area contributed by atoms with Gasteiger partial charge in [-0.15, -0.1) is 0 Å². The molecule has 0 aliphatic heterocycles. The van der Waals surface area contributed by atoms with Crippen LogP contribution in [0.2, 0.25) is 0 Å². The van der Waals surface area contributed by atoms with Gasteiger partial charge in [-0.1, -0.05) is 6.07 Å². The van der Waals surface area contributed by atoms with Crippen LogP contribution in [0.1, 0.15) is 17.3 Å². The van der Waals surface area contributed by atoms with Gasteiger partial charge in [0.05, 0.1) is 11.5 Å². The first kappa shape index (κ1) is 12.8. The second kappa shape index (κ2) is 5.17. The zero-order valence-corrected chi connectivity index (χ0v) is 9.10. The normalized spacial score (nSPS) is 9.76. The molecule has 7 nitrogen and oxygen atoms in total. The number of carbonyl (C=O) groups excluding carboxylic acids is 2. The maximum Gasteiger partial charge on any atom is 0.293 e. The first-order chi connectivity index (χ1) is 7.97. The van der Waals surface area contributed by atoms with E-state index in [0.29, 0.717) is 0 Å². The third kappa shape index (κ3) is 2.85. The van der Waals surface area contributed by atoms with Crippen molar-refractivity contribution in [2.75, 3.05) is 11.9 Å². The average Bonchev–Trinajstić information content (AvgIpc) is 2.27. The molecule has 0 aromatic heterocycles. The number of carbonyl (C=O) groups is 2. The molecule has 0 spiro atoms. The zero-order valence-electron chi connectivity index (χ0n) is 9.10. The van der Waals surface area contributed by atoms with E-state index in [-0.39, 0.29) is 23.5 Å². The summed E-state index contributed by atoms with van der Waals surface area (Å²) >= 11 is 0. The largest absolute Gasteiger partial charge is 0.324 e. The van der Waals surface area contributed by atoms with Gasteiger partial charge in [-0.25, -0.2) is 0 Å². The van der Waals surface area contributed by atoms with E-state index in [4.69, 9.17) is 5.73 Å². The van der Waals surface area contributed by atoms with Gasteiger partial charge in [0.15, 0.2) is 5.78 Å². The van der Waals surface area contributed by atoms with Crippen molar-refractivity contribution in [1.82, 2.24) is 0 Å². The van der Waals surface area contributed by atoms with E-state index in [1.165, 1.54) is 25.1 Å². The summed E-state index contributed by atoms with van der Waals surface area (Å²) in [4.78, 5) is 32.6. The monoisotopic (exact) mass is 237 g/mol. The van der Waals surface area contributed by atoms with Crippen LogP contribution in [0.3, 0.4) is 0 Å². The summed E-state index contributed by atoms with van der Waals surface area (Å²) in [5.74, 6) is -0.970. The molecule has 1 amide bonds. The van der Waals surface area contributed by atoms with E-state index in [9.17, 15) is 19.7 Å². The Labute approximate surface area is 96.8 Å². The van der Waals surface area contributed by atoms with Gasteiger partial charge in [-0.3, -0.25) is 19.7 Å². The third-order valence-corrected chi connectivity index (χ3v) is 2.03. The Hall–Kier alpha value is -2.28. The summed E-state index contributed by atoms with van der Waals surface area (Å²) in [7, 11) is 0. The van der Waals surface area contributed by atoms with Gasteiger partial charge in [0.2, 0.25) is 5.91 Å². The lowest BCUT2D eigenvalue weighted by atomic mass is 10.1. The lowest BCUT2D eigenvalue weighted by Crippen LogP contribution is -2.18. The Kier molecular flexibility index (Phi) is 3.89. The van der Waals surface area contributed by atoms with Crippen molar-refractivity contribution in [3.05, 3.63) is 33.9 Å². The number of nitrogens with one attached hydrogen (secondary N) is 1. The molecule has 0 atom stereocenters. The lowest BCUT2D eigenvalue weighted by Gasteiger charge is -2.08. The number of anilines is 1. The molecule has 0 saturated heterocycles. The van der Waals surface area contributed by atoms with Gasteiger partial charge < -0.3 is 11.1 Å². The molecule has 1 aromatic carbocycles. The molecular weight excluding hydrogens is 226 g/mol. The molecule has 90 valence electrons. The van der Waals surface area contributed by atoms with Crippen LogP contribution in [0.4, 0.5) is 11.4 Å². The standard InChI is InChI=1S/C10H11N3O4/c1-6(14)12-10-7(9(15)5-11)3-2-4-8(10)13(16)17/h2-4H,5,11H2,1H3,(H,12,14). The molecule has 0 bridgehead atoms. The number of nitro benzene ring substituents is 1. The Balaban J connectivity index is 3.38. The molecular formula is C10H11N3O4. The van der Waals surface area contributed by atoms with Crippen LogP contribution in [0, 0.1) is 10.1 Å². The maximum absolute atomic E-state index is 11.5. The summed E-state index contributed by atoms with van der Waals surface area (Å²) in [5.41, 5.74) is 4.79. The van der Waals surface area contributed by atoms with Gasteiger partial charge in [-0.2, -0.15) is 0 Å². The van der Waals surface area contributed by atoms with Crippen LogP contribution in [0.15, 0.2) is 18.2 Å². The van der Waals surface area contributed by atoms with Gasteiger partial charge >= 0.3 is 0 Å². The number of nitrogens with zero attached hydrogens (tertiary/aromatic N) is 1. The molecule has 1 rings (SSSR count). The van der Waals surface area contributed by atoms with E-state index < -0.39 is 16.6 Å². The molecule has 1 aromatic rings. The van der Waals surface area contributed by atoms with E-state index in [0.717, 1.165) is 0 Å². The number of nitrogens with two attached hydrogens (primary N) is 1. The molecule has 0 fully saturated rings. The fourth-order valence-corrected chi connectivity index (χ4v) is 1.34. The quantitative estimate of drug-likeness (QED) is 0.454. The van der Waals surface area contributed by atoms with Crippen LogP contribution in [0.25, 0.3) is 0 Å². The first-order valence-electron chi connectivity index (χ1n) is 4.75. The molecule has 17 heavy (non-hydrogen) atoms. The smallest absolute Gasteiger partial charge is 0.293 e. The molecule has 7 heteroatoms. The number of benzene rings is 1. The summed E-state index contributed by atoms with van der Waals surface area (Å²) in [6.45, 7) is 0.918. The van der Waals surface area contributed by atoms with Crippen molar-refractivity contribution in [3.63, 3.8) is 0 Å². The third-order valence-electron chi connectivity index (χ3n) is 2.03. The SMILES string of the molecule is CC(=O)Nc1c(C(=O)CN)cccc1[N+](=O)[O-]. The van der Waals surface area contributed by atoms with Crippen molar-refractivity contribution < 1.29 is 14.5 Å². The number of hydrogen-bond donors (Lipinski definition) is 2. The predicted octanol–water partition coefficient (Wildman–Crippen LogP) is 0.695. The highest BCUT2D eigenvalue weighted by atomic mass is 16.6. The lowest BCUT2D eigenvalue weighted by molar-refractivity contribution is -0.383. The van der Waals surface area contributed by atoms with Crippen LogP contribution < -0.4 is 11.1 Å². The Morgan fingerprint density at radius 1 is 1.47 bits per heavy atom. The summed E-state index contributed by atoms with van der Waals surface area (Å²) in [6.07, 6.45) is 0. The minimum absolute atomic E-state index is 0.0388. The average molecular weight is 237 g/mol. The number of nitro groups is 1. The predicted molar refractivity (Wildman–Crippen MR) is 60.8 cm³/mol. The second-order valence-electron chi connectivity index (χ2n) is 3.27. The zero-order chi connectivity index (χ0) is 13.0. The Morgan fingerprint density at radius 2 is 2.12 bits per heavy atom. The van der Waals surface area contributed by atoms with E-state index in [1.807, 2.05) is 0 Å². The number of para-hydroxylation sites is 1. The van der Waals surface area contributed by atoms with Crippen molar-refractivity contribution in [2.45, 2.75) is 6.92 Å². The molecule has 0 aliphatic rings. The van der Waals surface area contributed by atoms with Crippen molar-refractivity contribution in [1.29, 1.82) is 0 Å². The van der Waals surface area contributed by atoms with Gasteiger partial charge in [0.1, 0.15) is 5.69 Å². The van der Waals surface area contributed by atoms with Crippen LogP contribution in [-0.2, 0) is 4.79 Å². The fourth-order valence-electron chi connectivity index (χ4n) is 1.34. The van der Waals surface area contributed by atoms with Crippen LogP contribution >= 0.6 is 0 Å². The number of Topliss-reactive ketones (excluding diaryl/α,β-unsaturated/α-hetero) is 1. The topological polar surface area (TPSA) is 115 Å². The minimum atomic E-state index is -0.668. The van der Waals surface area contributed by atoms with E-state index in [1.54, 1.807) is 0 Å². The molecule has 3 N–H and O–H groups in total. The highest BCUT2D eigenvalue weighted by molar-refractivity contribution is 6.07. The van der Waals surface area contributed by atoms with Gasteiger partial charge in [-0.05, 0) is 6.07 Å². The minimum Gasteiger partial charge on any atom is -0.324 e.